The van der Waals surface area contributed by atoms with E-state index in [9.17, 15) is 9.18 Å². The highest BCUT2D eigenvalue weighted by Crippen LogP contribution is 2.26. The maximum atomic E-state index is 13.6. The van der Waals surface area contributed by atoms with Crippen LogP contribution in [0.2, 0.25) is 5.02 Å². The number of carboxylic acid groups (broad SMARTS) is 1. The fourth-order valence-electron chi connectivity index (χ4n) is 1.33. The number of fused-ring (bicyclic) bond motifs is 1. The third-order valence-corrected chi connectivity index (χ3v) is 2.30. The van der Waals surface area contributed by atoms with Crippen molar-refractivity contribution in [1.82, 2.24) is 4.98 Å². The van der Waals surface area contributed by atoms with Gasteiger partial charge in [-0.1, -0.05) is 11.6 Å². The van der Waals surface area contributed by atoms with E-state index < -0.39 is 17.3 Å². The molecule has 0 fully saturated rings. The normalized spacial score (nSPS) is 10.5. The third-order valence-electron chi connectivity index (χ3n) is 2.01. The minimum Gasteiger partial charge on any atom is -0.478 e. The summed E-state index contributed by atoms with van der Waals surface area (Å²) in [5.41, 5.74) is -0.179. The van der Waals surface area contributed by atoms with E-state index in [2.05, 4.69) is 4.98 Å². The van der Waals surface area contributed by atoms with Gasteiger partial charge in [-0.25, -0.2) is 9.18 Å². The molecular formula is C10H5ClFNO2. The van der Waals surface area contributed by atoms with E-state index >= 15 is 0 Å². The highest BCUT2D eigenvalue weighted by molar-refractivity contribution is 6.35. The zero-order chi connectivity index (χ0) is 11.0. The summed E-state index contributed by atoms with van der Waals surface area (Å²) >= 11 is 5.79. The molecule has 5 heteroatoms. The first kappa shape index (κ1) is 9.86. The number of hydrogen-bond donors (Lipinski definition) is 1. The van der Waals surface area contributed by atoms with Crippen molar-refractivity contribution in [2.45, 2.75) is 0 Å². The Labute approximate surface area is 89.1 Å². The van der Waals surface area contributed by atoms with Crippen LogP contribution in [-0.4, -0.2) is 16.1 Å². The largest absolute Gasteiger partial charge is 0.478 e. The number of aromatic carboxylic acids is 1. The van der Waals surface area contributed by atoms with Crippen LogP contribution in [-0.2, 0) is 0 Å². The molecule has 0 saturated carbocycles. The van der Waals surface area contributed by atoms with Crippen LogP contribution >= 0.6 is 11.6 Å². The Kier molecular flexibility index (Phi) is 2.28. The molecule has 0 unspecified atom stereocenters. The first-order valence-electron chi connectivity index (χ1n) is 4.07. The van der Waals surface area contributed by atoms with E-state index in [0.717, 1.165) is 6.07 Å². The van der Waals surface area contributed by atoms with Crippen LogP contribution < -0.4 is 0 Å². The standard InChI is InChI=1S/C10H5ClFNO2/c11-7-4-6(10(14)15)8(12)5-2-1-3-13-9(5)7/h1-4H,(H,14,15). The fourth-order valence-corrected chi connectivity index (χ4v) is 1.59. The molecule has 0 spiro atoms. The van der Waals surface area contributed by atoms with E-state index in [1.54, 1.807) is 0 Å². The first-order chi connectivity index (χ1) is 7.11. The van der Waals surface area contributed by atoms with Crippen LogP contribution in [0.15, 0.2) is 24.4 Å². The van der Waals surface area contributed by atoms with Gasteiger partial charge in [0, 0.05) is 11.6 Å². The van der Waals surface area contributed by atoms with Crippen LogP contribution in [0.5, 0.6) is 0 Å². The van der Waals surface area contributed by atoms with Gasteiger partial charge in [-0.05, 0) is 18.2 Å². The number of halogens is 2. The lowest BCUT2D eigenvalue weighted by Crippen LogP contribution is -2.01. The van der Waals surface area contributed by atoms with Gasteiger partial charge in [0.05, 0.1) is 16.1 Å². The van der Waals surface area contributed by atoms with Gasteiger partial charge in [0.1, 0.15) is 5.82 Å². The Bertz CT molecular complexity index is 556. The maximum Gasteiger partial charge on any atom is 0.338 e. The average Bonchev–Trinajstić information content (AvgIpc) is 2.23. The number of hydrogen-bond acceptors (Lipinski definition) is 2. The van der Waals surface area contributed by atoms with Crippen molar-refractivity contribution in [1.29, 1.82) is 0 Å². The topological polar surface area (TPSA) is 50.2 Å². The Morgan fingerprint density at radius 3 is 2.93 bits per heavy atom. The van der Waals surface area contributed by atoms with Crippen molar-refractivity contribution in [2.75, 3.05) is 0 Å². The van der Waals surface area contributed by atoms with Gasteiger partial charge >= 0.3 is 5.97 Å². The van der Waals surface area contributed by atoms with Crippen molar-refractivity contribution in [3.8, 4) is 0 Å². The second-order valence-electron chi connectivity index (χ2n) is 2.92. The predicted octanol–water partition coefficient (Wildman–Crippen LogP) is 2.73. The Balaban J connectivity index is 2.90. The van der Waals surface area contributed by atoms with Gasteiger partial charge in [0.15, 0.2) is 0 Å². The summed E-state index contributed by atoms with van der Waals surface area (Å²) in [7, 11) is 0. The Morgan fingerprint density at radius 1 is 1.53 bits per heavy atom. The highest BCUT2D eigenvalue weighted by Gasteiger charge is 2.16. The number of nitrogens with zero attached hydrogens (tertiary/aromatic N) is 1. The van der Waals surface area contributed by atoms with Crippen molar-refractivity contribution >= 4 is 28.5 Å². The lowest BCUT2D eigenvalue weighted by atomic mass is 10.1. The van der Waals surface area contributed by atoms with Crippen LogP contribution in [0.4, 0.5) is 4.39 Å². The molecule has 0 aliphatic rings. The minimum atomic E-state index is -1.35. The zero-order valence-electron chi connectivity index (χ0n) is 7.37. The summed E-state index contributed by atoms with van der Waals surface area (Å²) in [6, 6.07) is 4.03. The summed E-state index contributed by atoms with van der Waals surface area (Å²) < 4.78 is 13.6. The summed E-state index contributed by atoms with van der Waals surface area (Å²) in [5, 5.41) is 8.97. The summed E-state index contributed by atoms with van der Waals surface area (Å²) in [4.78, 5) is 14.6. The number of benzene rings is 1. The molecule has 0 atom stereocenters. The number of aromatic nitrogens is 1. The smallest absolute Gasteiger partial charge is 0.338 e. The molecule has 15 heavy (non-hydrogen) atoms. The molecular weight excluding hydrogens is 221 g/mol. The summed E-state index contributed by atoms with van der Waals surface area (Å²) in [5.74, 6) is -2.16. The zero-order valence-corrected chi connectivity index (χ0v) is 8.12. The van der Waals surface area contributed by atoms with Gasteiger partial charge in [-0.2, -0.15) is 0 Å². The third kappa shape index (κ3) is 1.53. The van der Waals surface area contributed by atoms with E-state index in [0.29, 0.717) is 0 Å². The molecule has 0 aliphatic heterocycles. The van der Waals surface area contributed by atoms with E-state index in [-0.39, 0.29) is 15.9 Å². The van der Waals surface area contributed by atoms with Gasteiger partial charge in [0.25, 0.3) is 0 Å². The lowest BCUT2D eigenvalue weighted by molar-refractivity contribution is 0.0692. The molecule has 0 bridgehead atoms. The summed E-state index contributed by atoms with van der Waals surface area (Å²) in [6.07, 6.45) is 1.47. The Morgan fingerprint density at radius 2 is 2.27 bits per heavy atom. The lowest BCUT2D eigenvalue weighted by Gasteiger charge is -2.03. The van der Waals surface area contributed by atoms with E-state index in [1.807, 2.05) is 0 Å². The molecule has 3 nitrogen and oxygen atoms in total. The van der Waals surface area contributed by atoms with Crippen LogP contribution in [0.25, 0.3) is 10.9 Å². The van der Waals surface area contributed by atoms with Crippen molar-refractivity contribution in [3.63, 3.8) is 0 Å². The van der Waals surface area contributed by atoms with Gasteiger partial charge in [-0.15, -0.1) is 0 Å². The molecule has 0 aliphatic carbocycles. The van der Waals surface area contributed by atoms with Crippen LogP contribution in [0, 0.1) is 5.82 Å². The van der Waals surface area contributed by atoms with Crippen molar-refractivity contribution in [3.05, 3.63) is 40.8 Å². The number of pyridine rings is 1. The monoisotopic (exact) mass is 225 g/mol. The average molecular weight is 226 g/mol. The van der Waals surface area contributed by atoms with Crippen molar-refractivity contribution < 1.29 is 14.3 Å². The molecule has 2 aromatic rings. The molecule has 0 amide bonds. The second kappa shape index (κ2) is 3.47. The Hall–Kier alpha value is -1.68. The molecule has 76 valence electrons. The molecule has 1 aromatic carbocycles. The van der Waals surface area contributed by atoms with E-state index in [1.165, 1.54) is 18.3 Å². The van der Waals surface area contributed by atoms with Crippen LogP contribution in [0.1, 0.15) is 10.4 Å². The molecule has 0 radical (unpaired) electrons. The second-order valence-corrected chi connectivity index (χ2v) is 3.33. The molecule has 0 saturated heterocycles. The highest BCUT2D eigenvalue weighted by atomic mass is 35.5. The SMILES string of the molecule is O=C(O)c1cc(Cl)c2ncccc2c1F. The predicted molar refractivity (Wildman–Crippen MR) is 53.7 cm³/mol. The van der Waals surface area contributed by atoms with E-state index in [4.69, 9.17) is 16.7 Å². The minimum absolute atomic E-state index is 0.113. The van der Waals surface area contributed by atoms with Crippen molar-refractivity contribution in [2.24, 2.45) is 0 Å². The molecule has 1 N–H and O–H groups in total. The molecule has 1 aromatic heterocycles. The molecule has 2 rings (SSSR count). The number of rotatable bonds is 1. The van der Waals surface area contributed by atoms with Crippen LogP contribution in [0.3, 0.4) is 0 Å². The number of carbonyl (C=O) groups is 1. The summed E-state index contributed by atoms with van der Waals surface area (Å²) in [6.45, 7) is 0. The first-order valence-corrected chi connectivity index (χ1v) is 4.45. The van der Waals surface area contributed by atoms with Gasteiger partial charge in [0.2, 0.25) is 0 Å². The number of carboxylic acids is 1. The molecule has 1 heterocycles. The maximum absolute atomic E-state index is 13.6. The fraction of sp³-hybridized carbons (Fsp3) is 0. The van der Waals surface area contributed by atoms with Gasteiger partial charge in [-0.3, -0.25) is 4.98 Å². The quantitative estimate of drug-likeness (QED) is 0.812. The van der Waals surface area contributed by atoms with Gasteiger partial charge < -0.3 is 5.11 Å².